The fourth-order valence-electron chi connectivity index (χ4n) is 1.77. The van der Waals surface area contributed by atoms with E-state index < -0.39 is 8.32 Å². The molecule has 0 aliphatic heterocycles. The van der Waals surface area contributed by atoms with Crippen molar-refractivity contribution in [2.45, 2.75) is 65.1 Å². The van der Waals surface area contributed by atoms with Gasteiger partial charge < -0.3 is 13.9 Å². The van der Waals surface area contributed by atoms with Gasteiger partial charge in [0.05, 0.1) is 13.7 Å². The molecule has 0 unspecified atom stereocenters. The van der Waals surface area contributed by atoms with Crippen molar-refractivity contribution in [1.82, 2.24) is 0 Å². The number of hydrogen-bond acceptors (Lipinski definition) is 3. The molecule has 0 radical (unpaired) electrons. The van der Waals surface area contributed by atoms with E-state index in [9.17, 15) is 0 Å². The number of methoxy groups -OCH3 is 1. The molecular weight excluding hydrogens is 268 g/mol. The molecule has 0 aromatic rings. The zero-order valence-corrected chi connectivity index (χ0v) is 15.0. The molecule has 0 fully saturated rings. The molecule has 0 bridgehead atoms. The van der Waals surface area contributed by atoms with Crippen LogP contribution in [0.2, 0.25) is 19.6 Å². The Morgan fingerprint density at radius 3 is 2.20 bits per heavy atom. The molecule has 118 valence electrons. The zero-order valence-electron chi connectivity index (χ0n) is 14.0. The van der Waals surface area contributed by atoms with Gasteiger partial charge in [-0.05, 0) is 26.1 Å². The second-order valence-corrected chi connectivity index (χ2v) is 10.4. The minimum atomic E-state index is -1.66. The summed E-state index contributed by atoms with van der Waals surface area (Å²) in [4.78, 5) is 0. The van der Waals surface area contributed by atoms with Crippen LogP contribution in [0.15, 0.2) is 24.4 Å². The second kappa shape index (κ2) is 10.8. The summed E-state index contributed by atoms with van der Waals surface area (Å²) in [5, 5.41) is 0. The third-order valence-corrected chi connectivity index (χ3v) is 3.54. The Hall–Kier alpha value is -0.903. The van der Waals surface area contributed by atoms with Crippen LogP contribution in [0.3, 0.4) is 0 Å². The molecule has 20 heavy (non-hydrogen) atoms. The lowest BCUT2D eigenvalue weighted by molar-refractivity contribution is 0.174. The first-order valence-electron chi connectivity index (χ1n) is 7.64. The predicted octanol–water partition coefficient (Wildman–Crippen LogP) is 5.22. The smallest absolute Gasteiger partial charge is 0.242 e. The van der Waals surface area contributed by atoms with Crippen LogP contribution in [0, 0.1) is 0 Å². The highest BCUT2D eigenvalue weighted by Crippen LogP contribution is 2.18. The van der Waals surface area contributed by atoms with E-state index in [0.717, 1.165) is 6.42 Å². The van der Waals surface area contributed by atoms with Crippen LogP contribution in [0.5, 0.6) is 0 Å². The maximum Gasteiger partial charge on any atom is 0.242 e. The molecule has 0 rings (SSSR count). The van der Waals surface area contributed by atoms with Gasteiger partial charge >= 0.3 is 0 Å². The van der Waals surface area contributed by atoms with Gasteiger partial charge in [0.1, 0.15) is 12.0 Å². The Balaban J connectivity index is 3.98. The summed E-state index contributed by atoms with van der Waals surface area (Å²) in [6, 6.07) is 0. The number of unbranched alkanes of at least 4 members (excludes halogenated alkanes) is 5. The van der Waals surface area contributed by atoms with Gasteiger partial charge in [-0.15, -0.1) is 0 Å². The lowest BCUT2D eigenvalue weighted by Gasteiger charge is -2.22. The third kappa shape index (κ3) is 11.0. The van der Waals surface area contributed by atoms with E-state index in [1.54, 1.807) is 13.4 Å². The maximum absolute atomic E-state index is 5.83. The van der Waals surface area contributed by atoms with Gasteiger partial charge in [0.25, 0.3) is 0 Å². The van der Waals surface area contributed by atoms with Crippen molar-refractivity contribution < 1.29 is 13.9 Å². The quantitative estimate of drug-likeness (QED) is 0.214. The van der Waals surface area contributed by atoms with Crippen molar-refractivity contribution in [3.63, 3.8) is 0 Å². The van der Waals surface area contributed by atoms with Gasteiger partial charge in [-0.3, -0.25) is 0 Å². The summed E-state index contributed by atoms with van der Waals surface area (Å²) in [7, 11) is -0.0503. The van der Waals surface area contributed by atoms with E-state index in [1.807, 2.05) is 0 Å². The molecule has 0 aliphatic carbocycles. The summed E-state index contributed by atoms with van der Waals surface area (Å²) in [6.07, 6.45) is 9.06. The second-order valence-electron chi connectivity index (χ2n) is 5.97. The normalized spacial score (nSPS) is 12.2. The average Bonchev–Trinajstić information content (AvgIpc) is 2.34. The number of ether oxygens (including phenoxy) is 2. The fraction of sp³-hybridized carbons (Fsp3) is 0.750. The van der Waals surface area contributed by atoms with Gasteiger partial charge in [0.2, 0.25) is 8.32 Å². The topological polar surface area (TPSA) is 27.7 Å². The van der Waals surface area contributed by atoms with E-state index in [4.69, 9.17) is 13.9 Å². The van der Waals surface area contributed by atoms with Crippen LogP contribution in [0.1, 0.15) is 45.4 Å². The van der Waals surface area contributed by atoms with Crippen LogP contribution in [-0.2, 0) is 13.9 Å². The molecular formula is C16H32O3Si. The highest BCUT2D eigenvalue weighted by Gasteiger charge is 2.19. The summed E-state index contributed by atoms with van der Waals surface area (Å²) >= 11 is 0. The Bertz CT molecular complexity index is 293. The van der Waals surface area contributed by atoms with E-state index in [1.165, 1.54) is 32.1 Å². The molecule has 0 aromatic carbocycles. The molecule has 0 aliphatic rings. The van der Waals surface area contributed by atoms with Crippen LogP contribution in [0.25, 0.3) is 0 Å². The summed E-state index contributed by atoms with van der Waals surface area (Å²) < 4.78 is 16.6. The lowest BCUT2D eigenvalue weighted by atomic mass is 10.1. The number of hydrogen-bond donors (Lipinski definition) is 0. The zero-order chi connectivity index (χ0) is 15.4. The van der Waals surface area contributed by atoms with Crippen molar-refractivity contribution in [2.24, 2.45) is 0 Å². The first-order chi connectivity index (χ1) is 9.40. The molecule has 0 atom stereocenters. The van der Waals surface area contributed by atoms with Crippen LogP contribution in [-0.4, -0.2) is 22.0 Å². The Morgan fingerprint density at radius 1 is 1.05 bits per heavy atom. The maximum atomic E-state index is 5.83. The van der Waals surface area contributed by atoms with Gasteiger partial charge in [-0.1, -0.05) is 45.6 Å². The largest absolute Gasteiger partial charge is 0.542 e. The van der Waals surface area contributed by atoms with Gasteiger partial charge in [-0.2, -0.15) is 0 Å². The molecule has 0 saturated carbocycles. The SMILES string of the molecule is C=C(O[Si](C)(C)C)C(=COC)OCCCCCCCC. The number of rotatable bonds is 12. The molecule has 0 N–H and O–H groups in total. The van der Waals surface area contributed by atoms with Crippen LogP contribution < -0.4 is 0 Å². The first-order valence-corrected chi connectivity index (χ1v) is 11.1. The Labute approximate surface area is 126 Å². The fourth-order valence-corrected chi connectivity index (χ4v) is 2.61. The van der Waals surface area contributed by atoms with Crippen molar-refractivity contribution in [3.05, 3.63) is 24.4 Å². The molecule has 3 nitrogen and oxygen atoms in total. The van der Waals surface area contributed by atoms with Crippen LogP contribution >= 0.6 is 0 Å². The van der Waals surface area contributed by atoms with Gasteiger partial charge in [0.15, 0.2) is 5.76 Å². The lowest BCUT2D eigenvalue weighted by Crippen LogP contribution is -2.25. The minimum Gasteiger partial charge on any atom is -0.542 e. The predicted molar refractivity (Wildman–Crippen MR) is 88.0 cm³/mol. The van der Waals surface area contributed by atoms with E-state index in [0.29, 0.717) is 18.1 Å². The molecule has 0 amide bonds. The highest BCUT2D eigenvalue weighted by atomic mass is 28.4. The van der Waals surface area contributed by atoms with Crippen molar-refractivity contribution in [3.8, 4) is 0 Å². The highest BCUT2D eigenvalue weighted by molar-refractivity contribution is 6.70. The van der Waals surface area contributed by atoms with E-state index in [2.05, 4.69) is 33.1 Å². The van der Waals surface area contributed by atoms with Gasteiger partial charge in [0, 0.05) is 0 Å². The third-order valence-electron chi connectivity index (χ3n) is 2.68. The summed E-state index contributed by atoms with van der Waals surface area (Å²) in [5.41, 5.74) is 0. The molecule has 0 spiro atoms. The summed E-state index contributed by atoms with van der Waals surface area (Å²) in [6.45, 7) is 13.2. The minimum absolute atomic E-state index is 0.581. The van der Waals surface area contributed by atoms with Gasteiger partial charge in [-0.25, -0.2) is 0 Å². The monoisotopic (exact) mass is 300 g/mol. The van der Waals surface area contributed by atoms with Crippen molar-refractivity contribution in [1.29, 1.82) is 0 Å². The molecule has 0 saturated heterocycles. The van der Waals surface area contributed by atoms with Crippen LogP contribution in [0.4, 0.5) is 0 Å². The van der Waals surface area contributed by atoms with E-state index >= 15 is 0 Å². The molecule has 0 aromatic heterocycles. The van der Waals surface area contributed by atoms with Crippen molar-refractivity contribution in [2.75, 3.05) is 13.7 Å². The Kier molecular flexibility index (Phi) is 10.3. The molecule has 4 heteroatoms. The first kappa shape index (κ1) is 19.1. The van der Waals surface area contributed by atoms with Crippen molar-refractivity contribution >= 4 is 8.32 Å². The average molecular weight is 301 g/mol. The Morgan fingerprint density at radius 2 is 1.65 bits per heavy atom. The molecule has 0 heterocycles. The summed E-state index contributed by atoms with van der Waals surface area (Å²) in [5.74, 6) is 1.19. The van der Waals surface area contributed by atoms with E-state index in [-0.39, 0.29) is 0 Å². The standard InChI is InChI=1S/C16H32O3Si/c1-7-8-9-10-11-12-13-18-16(14-17-3)15(2)19-20(4,5)6/h14H,2,7-13H2,1,3-6H3.